The second kappa shape index (κ2) is 11.6. The summed E-state index contributed by atoms with van der Waals surface area (Å²) < 4.78 is 17.2. The number of ether oxygens (including phenoxy) is 3. The first kappa shape index (κ1) is 22.9. The van der Waals surface area contributed by atoms with E-state index in [1.165, 1.54) is 13.3 Å². The number of esters is 1. The van der Waals surface area contributed by atoms with E-state index in [2.05, 4.69) is 47.1 Å². The molecule has 0 saturated carbocycles. The molecule has 154 valence electrons. The van der Waals surface area contributed by atoms with Gasteiger partial charge in [0.25, 0.3) is 0 Å². The summed E-state index contributed by atoms with van der Waals surface area (Å²) in [6.45, 7) is 2.00. The van der Waals surface area contributed by atoms with Crippen LogP contribution in [0, 0.1) is 0 Å². The SMILES string of the molecule is CCOc1cc(/C=N\NC(=O)Cc2ccc(Br)cc2)cc(Br)c1OCC(=O)OC. The van der Waals surface area contributed by atoms with Gasteiger partial charge in [-0.1, -0.05) is 28.1 Å². The molecule has 0 radical (unpaired) electrons. The van der Waals surface area contributed by atoms with Gasteiger partial charge in [0.15, 0.2) is 18.1 Å². The van der Waals surface area contributed by atoms with Crippen molar-refractivity contribution in [2.45, 2.75) is 13.3 Å². The van der Waals surface area contributed by atoms with Crippen LogP contribution in [-0.4, -0.2) is 38.4 Å². The Hall–Kier alpha value is -2.39. The van der Waals surface area contributed by atoms with E-state index >= 15 is 0 Å². The molecule has 2 rings (SSSR count). The summed E-state index contributed by atoms with van der Waals surface area (Å²) in [7, 11) is 1.29. The van der Waals surface area contributed by atoms with Crippen LogP contribution >= 0.6 is 31.9 Å². The fourth-order valence-electron chi connectivity index (χ4n) is 2.26. The highest BCUT2D eigenvalue weighted by molar-refractivity contribution is 9.10. The van der Waals surface area contributed by atoms with Crippen LogP contribution in [0.5, 0.6) is 11.5 Å². The van der Waals surface area contributed by atoms with Crippen LogP contribution in [-0.2, 0) is 20.7 Å². The third kappa shape index (κ3) is 7.51. The number of hydrazone groups is 1. The Kier molecular flexibility index (Phi) is 9.14. The molecular weight excluding hydrogens is 508 g/mol. The van der Waals surface area contributed by atoms with E-state index in [-0.39, 0.29) is 18.9 Å². The molecule has 2 aromatic carbocycles. The molecular formula is C20H20Br2N2O5. The van der Waals surface area contributed by atoms with Crippen molar-refractivity contribution in [3.63, 3.8) is 0 Å². The minimum Gasteiger partial charge on any atom is -0.490 e. The highest BCUT2D eigenvalue weighted by atomic mass is 79.9. The lowest BCUT2D eigenvalue weighted by atomic mass is 10.1. The van der Waals surface area contributed by atoms with Crippen LogP contribution in [0.1, 0.15) is 18.1 Å². The first-order chi connectivity index (χ1) is 13.9. The average molecular weight is 528 g/mol. The molecule has 0 aromatic heterocycles. The van der Waals surface area contributed by atoms with E-state index in [0.29, 0.717) is 28.1 Å². The summed E-state index contributed by atoms with van der Waals surface area (Å²) in [6, 6.07) is 10.9. The summed E-state index contributed by atoms with van der Waals surface area (Å²) in [5.41, 5.74) is 4.06. The van der Waals surface area contributed by atoms with E-state index in [9.17, 15) is 9.59 Å². The third-order valence-electron chi connectivity index (χ3n) is 3.57. The third-order valence-corrected chi connectivity index (χ3v) is 4.69. The van der Waals surface area contributed by atoms with E-state index in [0.717, 1.165) is 10.0 Å². The zero-order valence-corrected chi connectivity index (χ0v) is 19.1. The van der Waals surface area contributed by atoms with Crippen LogP contribution in [0.2, 0.25) is 0 Å². The van der Waals surface area contributed by atoms with Crippen LogP contribution < -0.4 is 14.9 Å². The smallest absolute Gasteiger partial charge is 0.343 e. The second-order valence-electron chi connectivity index (χ2n) is 5.72. The van der Waals surface area contributed by atoms with Crippen molar-refractivity contribution in [1.29, 1.82) is 0 Å². The number of rotatable bonds is 9. The van der Waals surface area contributed by atoms with Crippen molar-refractivity contribution in [2.24, 2.45) is 5.10 Å². The molecule has 1 amide bonds. The van der Waals surface area contributed by atoms with Gasteiger partial charge in [-0.15, -0.1) is 0 Å². The largest absolute Gasteiger partial charge is 0.490 e. The molecule has 2 aromatic rings. The molecule has 9 heteroatoms. The second-order valence-corrected chi connectivity index (χ2v) is 7.49. The maximum absolute atomic E-state index is 12.0. The van der Waals surface area contributed by atoms with Crippen molar-refractivity contribution in [3.05, 3.63) is 56.5 Å². The normalized spacial score (nSPS) is 10.6. The Labute approximate surface area is 185 Å². The molecule has 0 unspecified atom stereocenters. The Morgan fingerprint density at radius 3 is 2.52 bits per heavy atom. The maximum atomic E-state index is 12.0. The van der Waals surface area contributed by atoms with Gasteiger partial charge >= 0.3 is 5.97 Å². The number of methoxy groups -OCH3 is 1. The van der Waals surface area contributed by atoms with Crippen LogP contribution in [0.4, 0.5) is 0 Å². The average Bonchev–Trinajstić information content (AvgIpc) is 2.69. The number of nitrogens with one attached hydrogen (secondary N) is 1. The van der Waals surface area contributed by atoms with Gasteiger partial charge in [-0.25, -0.2) is 10.2 Å². The highest BCUT2D eigenvalue weighted by Gasteiger charge is 2.14. The molecule has 0 spiro atoms. The van der Waals surface area contributed by atoms with Gasteiger partial charge in [-0.05, 0) is 58.2 Å². The number of carbonyl (C=O) groups is 2. The summed E-state index contributed by atoms with van der Waals surface area (Å²) >= 11 is 6.76. The Balaban J connectivity index is 2.04. The summed E-state index contributed by atoms with van der Waals surface area (Å²) in [5, 5.41) is 3.99. The zero-order chi connectivity index (χ0) is 21.2. The summed E-state index contributed by atoms with van der Waals surface area (Å²) in [4.78, 5) is 23.3. The quantitative estimate of drug-likeness (QED) is 0.304. The molecule has 0 aliphatic carbocycles. The highest BCUT2D eigenvalue weighted by Crippen LogP contribution is 2.36. The minimum absolute atomic E-state index is 0.221. The molecule has 0 aliphatic rings. The Morgan fingerprint density at radius 2 is 1.86 bits per heavy atom. The first-order valence-corrected chi connectivity index (χ1v) is 10.2. The predicted octanol–water partition coefficient (Wildman–Crippen LogP) is 3.85. The van der Waals surface area contributed by atoms with Crippen molar-refractivity contribution in [3.8, 4) is 11.5 Å². The number of carbonyl (C=O) groups excluding carboxylic acids is 2. The lowest BCUT2D eigenvalue weighted by Gasteiger charge is -2.13. The van der Waals surface area contributed by atoms with Crippen LogP contribution in [0.15, 0.2) is 50.4 Å². The van der Waals surface area contributed by atoms with E-state index in [4.69, 9.17) is 9.47 Å². The predicted molar refractivity (Wildman–Crippen MR) is 116 cm³/mol. The van der Waals surface area contributed by atoms with Crippen molar-refractivity contribution >= 4 is 50.0 Å². The molecule has 0 heterocycles. The van der Waals surface area contributed by atoms with Crippen molar-refractivity contribution in [2.75, 3.05) is 20.3 Å². The number of hydrogen-bond acceptors (Lipinski definition) is 6. The van der Waals surface area contributed by atoms with Gasteiger partial charge in [0.05, 0.1) is 30.8 Å². The lowest BCUT2D eigenvalue weighted by Crippen LogP contribution is -2.19. The number of halogens is 2. The number of nitrogens with zero attached hydrogens (tertiary/aromatic N) is 1. The van der Waals surface area contributed by atoms with E-state index in [1.54, 1.807) is 12.1 Å². The monoisotopic (exact) mass is 526 g/mol. The van der Waals surface area contributed by atoms with Gasteiger partial charge in [0.2, 0.25) is 5.91 Å². The van der Waals surface area contributed by atoms with Gasteiger partial charge in [-0.2, -0.15) is 5.10 Å². The molecule has 0 fully saturated rings. The van der Waals surface area contributed by atoms with Gasteiger partial charge < -0.3 is 14.2 Å². The van der Waals surface area contributed by atoms with Gasteiger partial charge in [0, 0.05) is 4.47 Å². The number of amides is 1. The van der Waals surface area contributed by atoms with Crippen LogP contribution in [0.3, 0.4) is 0 Å². The summed E-state index contributed by atoms with van der Waals surface area (Å²) in [6.07, 6.45) is 1.72. The summed E-state index contributed by atoms with van der Waals surface area (Å²) in [5.74, 6) is 0.0891. The number of benzene rings is 2. The molecule has 1 N–H and O–H groups in total. The Morgan fingerprint density at radius 1 is 1.14 bits per heavy atom. The fourth-order valence-corrected chi connectivity index (χ4v) is 3.10. The van der Waals surface area contributed by atoms with Gasteiger partial charge in [-0.3, -0.25) is 4.79 Å². The molecule has 7 nitrogen and oxygen atoms in total. The topological polar surface area (TPSA) is 86.2 Å². The molecule has 0 saturated heterocycles. The van der Waals surface area contributed by atoms with E-state index in [1.807, 2.05) is 31.2 Å². The molecule has 29 heavy (non-hydrogen) atoms. The number of hydrogen-bond donors (Lipinski definition) is 1. The van der Waals surface area contributed by atoms with E-state index < -0.39 is 5.97 Å². The molecule has 0 atom stereocenters. The van der Waals surface area contributed by atoms with Crippen molar-refractivity contribution in [1.82, 2.24) is 5.43 Å². The molecule has 0 bridgehead atoms. The maximum Gasteiger partial charge on any atom is 0.343 e. The minimum atomic E-state index is -0.501. The first-order valence-electron chi connectivity index (χ1n) is 8.65. The van der Waals surface area contributed by atoms with Crippen molar-refractivity contribution < 1.29 is 23.8 Å². The zero-order valence-electron chi connectivity index (χ0n) is 15.9. The lowest BCUT2D eigenvalue weighted by molar-refractivity contribution is -0.143. The molecule has 0 aliphatic heterocycles. The standard InChI is InChI=1S/C20H20Br2N2O5/c1-3-28-17-9-14(8-16(22)20(17)29-12-19(26)27-2)11-23-24-18(25)10-13-4-6-15(21)7-5-13/h4-9,11H,3,10,12H2,1-2H3,(H,24,25)/b23-11-. The van der Waals surface area contributed by atoms with Crippen LogP contribution in [0.25, 0.3) is 0 Å². The Bertz CT molecular complexity index is 885. The van der Waals surface area contributed by atoms with Gasteiger partial charge in [0.1, 0.15) is 0 Å². The fraction of sp³-hybridized carbons (Fsp3) is 0.250.